The van der Waals surface area contributed by atoms with E-state index in [1.54, 1.807) is 0 Å². The average molecular weight is 373 g/mol. The summed E-state index contributed by atoms with van der Waals surface area (Å²) in [6, 6.07) is 0.240. The number of carbonyl (C=O) groups is 1. The standard InChI is InChI=1S/C22H31NO4/c1-18(25)11-20-10-15(24)19(2)13-4-3-5-21(19)16(23-6-7-27-17(13)23)14(20)8-12(18)9-22(20,21)26/h12-14,16-17,25-26H,3-11H2,1-2H3. The Morgan fingerprint density at radius 3 is 2.85 bits per heavy atom. The van der Waals surface area contributed by atoms with Crippen molar-refractivity contribution in [3.8, 4) is 0 Å². The van der Waals surface area contributed by atoms with Crippen molar-refractivity contribution in [3.63, 3.8) is 0 Å². The largest absolute Gasteiger partial charge is 0.390 e. The number of nitrogens with zero attached hydrogens (tertiary/aromatic N) is 1. The molecule has 0 aromatic carbocycles. The number of ether oxygens (including phenoxy) is 1. The number of Topliss-reactive ketones (excluding diaryl/α,β-unsaturated/α-hetero) is 1. The van der Waals surface area contributed by atoms with Gasteiger partial charge in [0.2, 0.25) is 0 Å². The Hall–Kier alpha value is -0.490. The molecule has 2 saturated heterocycles. The lowest BCUT2D eigenvalue weighted by Gasteiger charge is -2.72. The van der Waals surface area contributed by atoms with Crippen LogP contribution < -0.4 is 0 Å². The molecule has 5 heteroatoms. The fourth-order valence-electron chi connectivity index (χ4n) is 10.6. The number of hydrogen-bond donors (Lipinski definition) is 2. The van der Waals surface area contributed by atoms with E-state index in [0.717, 1.165) is 38.8 Å². The number of carbonyl (C=O) groups excluding carboxylic acids is 1. The van der Waals surface area contributed by atoms with E-state index < -0.39 is 22.0 Å². The second-order valence-electron chi connectivity index (χ2n) is 11.5. The van der Waals surface area contributed by atoms with Crippen molar-refractivity contribution in [1.29, 1.82) is 0 Å². The van der Waals surface area contributed by atoms with Gasteiger partial charge in [0.25, 0.3) is 0 Å². The molecule has 148 valence electrons. The molecule has 2 aliphatic heterocycles. The summed E-state index contributed by atoms with van der Waals surface area (Å²) in [6.07, 6.45) is 5.83. The second-order valence-corrected chi connectivity index (χ2v) is 11.5. The number of hydrogen-bond acceptors (Lipinski definition) is 5. The third kappa shape index (κ3) is 1.27. The predicted octanol–water partition coefficient (Wildman–Crippen LogP) is 1.70. The lowest BCUT2D eigenvalue weighted by molar-refractivity contribution is -0.310. The van der Waals surface area contributed by atoms with Crippen molar-refractivity contribution in [1.82, 2.24) is 4.90 Å². The summed E-state index contributed by atoms with van der Waals surface area (Å²) < 4.78 is 6.25. The van der Waals surface area contributed by atoms with Gasteiger partial charge in [0.15, 0.2) is 0 Å². The minimum absolute atomic E-state index is 0.0505. The second kappa shape index (κ2) is 4.19. The number of fused-ring (bicyclic) bond motifs is 4. The summed E-state index contributed by atoms with van der Waals surface area (Å²) in [6.45, 7) is 5.83. The van der Waals surface area contributed by atoms with E-state index in [0.29, 0.717) is 31.0 Å². The molecule has 6 aliphatic carbocycles. The average Bonchev–Trinajstić information content (AvgIpc) is 3.05. The van der Waals surface area contributed by atoms with E-state index in [1.807, 2.05) is 6.92 Å². The Labute approximate surface area is 160 Å². The van der Waals surface area contributed by atoms with Gasteiger partial charge in [-0.25, -0.2) is 0 Å². The van der Waals surface area contributed by atoms with E-state index in [2.05, 4.69) is 11.8 Å². The van der Waals surface area contributed by atoms with Crippen LogP contribution in [0.25, 0.3) is 0 Å². The monoisotopic (exact) mass is 373 g/mol. The Balaban J connectivity index is 1.57. The summed E-state index contributed by atoms with van der Waals surface area (Å²) >= 11 is 0. The van der Waals surface area contributed by atoms with Crippen LogP contribution in [0.1, 0.15) is 58.8 Å². The molecule has 10 unspecified atom stereocenters. The molecule has 10 atom stereocenters. The molecule has 8 rings (SSSR count). The molecule has 0 amide bonds. The van der Waals surface area contributed by atoms with Crippen LogP contribution in [0.3, 0.4) is 0 Å². The van der Waals surface area contributed by atoms with E-state index in [9.17, 15) is 15.0 Å². The number of piperidine rings is 1. The van der Waals surface area contributed by atoms with E-state index in [1.165, 1.54) is 0 Å². The van der Waals surface area contributed by atoms with Gasteiger partial charge in [-0.05, 0) is 50.9 Å². The van der Waals surface area contributed by atoms with Crippen LogP contribution in [0.4, 0.5) is 0 Å². The van der Waals surface area contributed by atoms with Crippen molar-refractivity contribution >= 4 is 5.78 Å². The molecule has 2 spiro atoms. The van der Waals surface area contributed by atoms with Crippen LogP contribution >= 0.6 is 0 Å². The quantitative estimate of drug-likeness (QED) is 0.676. The Kier molecular flexibility index (Phi) is 2.53. The zero-order valence-corrected chi connectivity index (χ0v) is 16.4. The first-order valence-corrected chi connectivity index (χ1v) is 11.1. The fourth-order valence-corrected chi connectivity index (χ4v) is 10.6. The summed E-state index contributed by atoms with van der Waals surface area (Å²) in [5.41, 5.74) is -2.83. The van der Waals surface area contributed by atoms with Crippen LogP contribution in [0, 0.1) is 34.0 Å². The normalized spacial score (nSPS) is 68.3. The van der Waals surface area contributed by atoms with Crippen LogP contribution in [0.15, 0.2) is 0 Å². The maximum absolute atomic E-state index is 13.9. The van der Waals surface area contributed by atoms with Gasteiger partial charge in [0, 0.05) is 41.2 Å². The molecular formula is C22H31NO4. The Bertz CT molecular complexity index is 782. The molecule has 5 nitrogen and oxygen atoms in total. The van der Waals surface area contributed by atoms with Gasteiger partial charge < -0.3 is 14.9 Å². The van der Waals surface area contributed by atoms with Crippen LogP contribution in [-0.2, 0) is 9.53 Å². The summed E-state index contributed by atoms with van der Waals surface area (Å²) in [5.74, 6) is 1.03. The third-order valence-electron chi connectivity index (χ3n) is 11.3. The highest BCUT2D eigenvalue weighted by Crippen LogP contribution is 2.86. The fraction of sp³-hybridized carbons (Fsp3) is 0.955. The first-order chi connectivity index (χ1) is 12.7. The molecular weight excluding hydrogens is 342 g/mol. The van der Waals surface area contributed by atoms with Gasteiger partial charge in [-0.1, -0.05) is 13.3 Å². The molecule has 6 saturated carbocycles. The molecule has 0 aromatic rings. The summed E-state index contributed by atoms with van der Waals surface area (Å²) in [4.78, 5) is 16.5. The van der Waals surface area contributed by atoms with Gasteiger partial charge in [-0.15, -0.1) is 0 Å². The van der Waals surface area contributed by atoms with Crippen LogP contribution in [-0.4, -0.2) is 57.5 Å². The highest BCUT2D eigenvalue weighted by atomic mass is 16.5. The van der Waals surface area contributed by atoms with Gasteiger partial charge >= 0.3 is 0 Å². The SMILES string of the molecule is CC1(O)CC23CC(=O)C4(C)C5CCCC46C(C2CC1CC36O)N1CCOC51. The smallest absolute Gasteiger partial charge is 0.140 e. The molecule has 2 N–H and O–H groups in total. The topological polar surface area (TPSA) is 70.0 Å². The molecule has 0 aromatic heterocycles. The van der Waals surface area contributed by atoms with Gasteiger partial charge in [-0.3, -0.25) is 9.69 Å². The molecule has 6 bridgehead atoms. The maximum atomic E-state index is 13.9. The van der Waals surface area contributed by atoms with Crippen molar-refractivity contribution < 1.29 is 19.7 Å². The first kappa shape index (κ1) is 16.3. The molecule has 2 heterocycles. The van der Waals surface area contributed by atoms with Crippen molar-refractivity contribution in [2.24, 2.45) is 34.0 Å². The van der Waals surface area contributed by atoms with Crippen molar-refractivity contribution in [3.05, 3.63) is 0 Å². The highest BCUT2D eigenvalue weighted by molar-refractivity contribution is 5.90. The summed E-state index contributed by atoms with van der Waals surface area (Å²) in [5, 5.41) is 23.8. The minimum Gasteiger partial charge on any atom is -0.390 e. The molecule has 0 radical (unpaired) electrons. The molecule has 8 fully saturated rings. The van der Waals surface area contributed by atoms with Crippen molar-refractivity contribution in [2.45, 2.75) is 82.3 Å². The Morgan fingerprint density at radius 2 is 2.04 bits per heavy atom. The molecule has 8 aliphatic rings. The maximum Gasteiger partial charge on any atom is 0.140 e. The van der Waals surface area contributed by atoms with Gasteiger partial charge in [0.1, 0.15) is 12.0 Å². The zero-order chi connectivity index (χ0) is 18.6. The van der Waals surface area contributed by atoms with Crippen LogP contribution in [0.2, 0.25) is 0 Å². The first-order valence-electron chi connectivity index (χ1n) is 11.1. The minimum atomic E-state index is -0.810. The van der Waals surface area contributed by atoms with Gasteiger partial charge in [0.05, 0.1) is 17.8 Å². The van der Waals surface area contributed by atoms with Crippen LogP contribution in [0.5, 0.6) is 0 Å². The van der Waals surface area contributed by atoms with E-state index in [-0.39, 0.29) is 29.5 Å². The lowest BCUT2D eigenvalue weighted by atomic mass is 9.34. The third-order valence-corrected chi connectivity index (χ3v) is 11.3. The lowest BCUT2D eigenvalue weighted by Crippen LogP contribution is -2.79. The zero-order valence-electron chi connectivity index (χ0n) is 16.4. The predicted molar refractivity (Wildman–Crippen MR) is 96.6 cm³/mol. The number of rotatable bonds is 0. The van der Waals surface area contributed by atoms with E-state index >= 15 is 0 Å². The number of ketones is 1. The molecule has 27 heavy (non-hydrogen) atoms. The van der Waals surface area contributed by atoms with E-state index in [4.69, 9.17) is 4.74 Å². The van der Waals surface area contributed by atoms with Gasteiger partial charge in [-0.2, -0.15) is 0 Å². The Morgan fingerprint density at radius 1 is 1.22 bits per heavy atom. The number of aliphatic hydroxyl groups is 2. The highest BCUT2D eigenvalue weighted by Gasteiger charge is 2.91. The van der Waals surface area contributed by atoms with Crippen molar-refractivity contribution in [2.75, 3.05) is 13.2 Å². The summed E-state index contributed by atoms with van der Waals surface area (Å²) in [7, 11) is 0.